The van der Waals surface area contributed by atoms with Crippen LogP contribution in [-0.2, 0) is 9.05 Å². The van der Waals surface area contributed by atoms with E-state index >= 15 is 0 Å². The van der Waals surface area contributed by atoms with E-state index in [1.54, 1.807) is 29.5 Å². The molecule has 0 spiro atoms. The molecular formula is C26H25N2O4PS. The number of benzene rings is 3. The van der Waals surface area contributed by atoms with Gasteiger partial charge in [-0.1, -0.05) is 12.1 Å². The van der Waals surface area contributed by atoms with Gasteiger partial charge in [0.05, 0.1) is 0 Å². The van der Waals surface area contributed by atoms with Crippen LogP contribution in [0.25, 0.3) is 10.4 Å². The Morgan fingerprint density at radius 3 is 2.38 bits per heavy atom. The molecule has 3 aromatic carbocycles. The fraction of sp³-hybridized carbons (Fsp3) is 0.115. The molecule has 174 valence electrons. The van der Waals surface area contributed by atoms with Crippen molar-refractivity contribution in [2.75, 3.05) is 24.3 Å². The molecule has 0 aliphatic carbocycles. The third-order valence-corrected chi connectivity index (χ3v) is 8.95. The quantitative estimate of drug-likeness (QED) is 0.263. The zero-order chi connectivity index (χ0) is 23.5. The van der Waals surface area contributed by atoms with E-state index in [4.69, 9.17) is 14.8 Å². The Hall–Kier alpha value is -3.06. The van der Waals surface area contributed by atoms with Crippen LogP contribution in [-0.4, -0.2) is 24.0 Å². The average Bonchev–Trinajstić information content (AvgIpc) is 3.42. The van der Waals surface area contributed by atoms with Crippen LogP contribution in [0.4, 0.5) is 11.4 Å². The molecule has 0 bridgehead atoms. The molecule has 8 heteroatoms. The molecule has 2 heterocycles. The van der Waals surface area contributed by atoms with Crippen LogP contribution in [0, 0.1) is 0 Å². The van der Waals surface area contributed by atoms with Gasteiger partial charge in [0.15, 0.2) is 0 Å². The maximum atomic E-state index is 12.9. The summed E-state index contributed by atoms with van der Waals surface area (Å²) in [5.74, 6) is -0.254. The predicted octanol–water partition coefficient (Wildman–Crippen LogP) is 5.19. The second-order valence-electron chi connectivity index (χ2n) is 8.12. The Labute approximate surface area is 202 Å². The number of nitrogens with two attached hydrogens (primary N) is 1. The molecule has 4 N–H and O–H groups in total. The van der Waals surface area contributed by atoms with E-state index in [9.17, 15) is 9.69 Å². The summed E-state index contributed by atoms with van der Waals surface area (Å²) in [6.45, 7) is 0.713. The monoisotopic (exact) mass is 492 g/mol. The van der Waals surface area contributed by atoms with Gasteiger partial charge < -0.3 is 0 Å². The molecule has 5 rings (SSSR count). The zero-order valence-electron chi connectivity index (χ0n) is 18.3. The van der Waals surface area contributed by atoms with E-state index < -0.39 is 7.94 Å². The molecule has 0 saturated carbocycles. The van der Waals surface area contributed by atoms with Crippen molar-refractivity contribution < 1.29 is 18.7 Å². The van der Waals surface area contributed by atoms with Crippen molar-refractivity contribution in [3.8, 4) is 10.4 Å². The van der Waals surface area contributed by atoms with Crippen LogP contribution in [0.15, 0.2) is 90.3 Å². The van der Waals surface area contributed by atoms with Gasteiger partial charge in [-0.05, 0) is 11.4 Å². The Morgan fingerprint density at radius 2 is 1.71 bits per heavy atom. The van der Waals surface area contributed by atoms with Crippen molar-refractivity contribution >= 4 is 41.9 Å². The Morgan fingerprint density at radius 1 is 0.971 bits per heavy atom. The fourth-order valence-electron chi connectivity index (χ4n) is 3.89. The number of rotatable bonds is 5. The first-order valence-corrected chi connectivity index (χ1v) is 13.6. The fourth-order valence-corrected chi connectivity index (χ4v) is 6.49. The van der Waals surface area contributed by atoms with E-state index in [1.165, 1.54) is 0 Å². The van der Waals surface area contributed by atoms with Gasteiger partial charge in [-0.3, -0.25) is 0 Å². The number of thiophene rings is 1. The summed E-state index contributed by atoms with van der Waals surface area (Å²) in [4.78, 5) is 24.8. The summed E-state index contributed by atoms with van der Waals surface area (Å²) >= 11 is 1.63. The van der Waals surface area contributed by atoms with Crippen molar-refractivity contribution in [3.05, 3.63) is 101 Å². The van der Waals surface area contributed by atoms with Gasteiger partial charge in [-0.15, -0.1) is 11.3 Å². The van der Waals surface area contributed by atoms with Crippen LogP contribution in [0.2, 0.25) is 0 Å². The molecule has 1 saturated heterocycles. The second-order valence-corrected chi connectivity index (χ2v) is 11.4. The Kier molecular flexibility index (Phi) is 6.46. The van der Waals surface area contributed by atoms with Gasteiger partial charge in [-0.2, -0.15) is 0 Å². The topological polar surface area (TPSA) is 93.8 Å². The van der Waals surface area contributed by atoms with E-state index in [0.29, 0.717) is 35.5 Å². The summed E-state index contributed by atoms with van der Waals surface area (Å²) in [5.41, 5.74) is 9.71. The van der Waals surface area contributed by atoms with Crippen LogP contribution in [0.1, 0.15) is 21.8 Å². The molecule has 0 radical (unpaired) electrons. The normalized spacial score (nSPS) is 18.2. The first-order valence-electron chi connectivity index (χ1n) is 10.9. The number of nitrogens with one attached hydrogen (secondary N) is 1. The van der Waals surface area contributed by atoms with Crippen LogP contribution in [0.3, 0.4) is 0 Å². The third-order valence-electron chi connectivity index (χ3n) is 5.85. The minimum absolute atomic E-state index is 0.0216. The van der Waals surface area contributed by atoms with Crippen molar-refractivity contribution in [2.45, 2.75) is 5.92 Å². The van der Waals surface area contributed by atoms with Crippen molar-refractivity contribution in [1.29, 1.82) is 0 Å². The van der Waals surface area contributed by atoms with Crippen molar-refractivity contribution in [1.82, 2.24) is 0 Å². The van der Waals surface area contributed by atoms with Crippen LogP contribution >= 0.6 is 19.3 Å². The van der Waals surface area contributed by atoms with Gasteiger partial charge in [-0.25, -0.2) is 0 Å². The number of carbonyl (C=O) groups excluding carboxylic acids is 1. The van der Waals surface area contributed by atoms with Crippen molar-refractivity contribution in [2.24, 2.45) is 0 Å². The molecule has 1 aliphatic rings. The summed E-state index contributed by atoms with van der Waals surface area (Å²) in [6.07, 6.45) is 0. The second kappa shape index (κ2) is 9.66. The number of anilines is 2. The number of hydrogen-bond acceptors (Lipinski definition) is 6. The van der Waals surface area contributed by atoms with Crippen LogP contribution < -0.4 is 16.4 Å². The molecule has 1 aliphatic heterocycles. The maximum absolute atomic E-state index is 12.9. The minimum atomic E-state index is -3.36. The van der Waals surface area contributed by atoms with Crippen LogP contribution in [0.5, 0.6) is 0 Å². The first-order chi connectivity index (χ1) is 16.5. The summed E-state index contributed by atoms with van der Waals surface area (Å²) in [6, 6.07) is 26.2. The van der Waals surface area contributed by atoms with E-state index in [0.717, 1.165) is 16.0 Å². The van der Waals surface area contributed by atoms with E-state index in [-0.39, 0.29) is 11.8 Å². The standard InChI is InChI=1S/C26H25N2O4PS/c27-23-13-12-20(25-7-4-14-34-25)15-24(23)28-26(29)19-10-8-18(9-11-19)21-16-31-33(30,32-17-21)22-5-2-1-3-6-22/h1-15,21,30,33H,16-17,27H2,(H,28,29). The Balaban J connectivity index is 1.24. The van der Waals surface area contributed by atoms with E-state index in [2.05, 4.69) is 5.32 Å². The Bertz CT molecular complexity index is 1270. The van der Waals surface area contributed by atoms with Gasteiger partial charge in [0.1, 0.15) is 0 Å². The average molecular weight is 493 g/mol. The van der Waals surface area contributed by atoms with E-state index in [1.807, 2.05) is 72.1 Å². The zero-order valence-corrected chi connectivity index (χ0v) is 20.1. The molecule has 4 aromatic rings. The number of amides is 1. The molecular weight excluding hydrogens is 467 g/mol. The molecule has 0 atom stereocenters. The molecule has 34 heavy (non-hydrogen) atoms. The molecule has 1 fully saturated rings. The van der Waals surface area contributed by atoms with Gasteiger partial charge >= 0.3 is 163 Å². The first kappa shape index (κ1) is 22.7. The van der Waals surface area contributed by atoms with Gasteiger partial charge in [0.25, 0.3) is 0 Å². The third kappa shape index (κ3) is 4.75. The molecule has 6 nitrogen and oxygen atoms in total. The molecule has 1 amide bonds. The molecule has 0 unspecified atom stereocenters. The van der Waals surface area contributed by atoms with Gasteiger partial charge in [0.2, 0.25) is 0 Å². The number of hydrogen-bond donors (Lipinski definition) is 3. The summed E-state index contributed by atoms with van der Waals surface area (Å²) in [5, 5.41) is 5.63. The molecule has 1 aromatic heterocycles. The summed E-state index contributed by atoms with van der Waals surface area (Å²) in [7, 11) is -3.36. The SMILES string of the molecule is Nc1ccc(-c2cccs2)cc1NC(=O)c1ccc(C2CO[PH](O)(c3ccccc3)OC2)cc1. The van der Waals surface area contributed by atoms with Crippen molar-refractivity contribution in [3.63, 3.8) is 0 Å². The number of carbonyl (C=O) groups is 1. The van der Waals surface area contributed by atoms with Gasteiger partial charge in [0, 0.05) is 4.88 Å². The summed E-state index contributed by atoms with van der Waals surface area (Å²) < 4.78 is 11.6. The predicted molar refractivity (Wildman–Crippen MR) is 140 cm³/mol. The number of nitrogen functional groups attached to an aromatic ring is 1.